The Balaban J connectivity index is 2.14. The van der Waals surface area contributed by atoms with Crippen LogP contribution in [0.15, 0.2) is 29.8 Å². The summed E-state index contributed by atoms with van der Waals surface area (Å²) in [5.41, 5.74) is 0.969. The molecule has 2 rings (SSSR count). The standard InChI is InChI=1S/C11H9ClN2OS/c1-7-4-5-16-10(7)11(15)14-9-3-2-8(12)6-13-9/h2-6H,1H3,(H,13,14,15). The van der Waals surface area contributed by atoms with Gasteiger partial charge in [-0.1, -0.05) is 11.6 Å². The van der Waals surface area contributed by atoms with E-state index in [1.54, 1.807) is 12.1 Å². The molecule has 2 aromatic heterocycles. The number of rotatable bonds is 2. The summed E-state index contributed by atoms with van der Waals surface area (Å²) in [6, 6.07) is 5.27. The van der Waals surface area contributed by atoms with Crippen LogP contribution < -0.4 is 5.32 Å². The summed E-state index contributed by atoms with van der Waals surface area (Å²) in [6.07, 6.45) is 1.50. The van der Waals surface area contributed by atoms with Gasteiger partial charge in [-0.15, -0.1) is 11.3 Å². The zero-order valence-corrected chi connectivity index (χ0v) is 10.1. The van der Waals surface area contributed by atoms with Crippen LogP contribution in [0.4, 0.5) is 5.82 Å². The highest BCUT2D eigenvalue weighted by molar-refractivity contribution is 7.12. The van der Waals surface area contributed by atoms with Gasteiger partial charge < -0.3 is 5.32 Å². The predicted molar refractivity (Wildman–Crippen MR) is 66.3 cm³/mol. The minimum atomic E-state index is -0.137. The average Bonchev–Trinajstić information content (AvgIpc) is 2.68. The van der Waals surface area contributed by atoms with Crippen LogP contribution in [0.5, 0.6) is 0 Å². The highest BCUT2D eigenvalue weighted by atomic mass is 35.5. The molecule has 0 spiro atoms. The molecule has 2 aromatic rings. The van der Waals surface area contributed by atoms with Gasteiger partial charge in [0, 0.05) is 6.20 Å². The van der Waals surface area contributed by atoms with Gasteiger partial charge in [0.2, 0.25) is 0 Å². The topological polar surface area (TPSA) is 42.0 Å². The van der Waals surface area contributed by atoms with Crippen molar-refractivity contribution in [3.8, 4) is 0 Å². The van der Waals surface area contributed by atoms with E-state index in [9.17, 15) is 4.79 Å². The third-order valence-corrected chi connectivity index (χ3v) is 3.28. The number of carbonyl (C=O) groups is 1. The molecule has 0 radical (unpaired) electrons. The van der Waals surface area contributed by atoms with Crippen molar-refractivity contribution in [1.82, 2.24) is 4.98 Å². The van der Waals surface area contributed by atoms with Gasteiger partial charge in [0.15, 0.2) is 0 Å². The molecule has 0 aliphatic rings. The normalized spacial score (nSPS) is 10.1. The Morgan fingerprint density at radius 2 is 2.25 bits per heavy atom. The average molecular weight is 253 g/mol. The van der Waals surface area contributed by atoms with Crippen molar-refractivity contribution in [2.75, 3.05) is 5.32 Å². The first-order valence-electron chi connectivity index (χ1n) is 4.64. The second-order valence-electron chi connectivity index (χ2n) is 3.25. The summed E-state index contributed by atoms with van der Waals surface area (Å²) in [4.78, 5) is 16.5. The number of carbonyl (C=O) groups excluding carboxylic acids is 1. The minimum absolute atomic E-state index is 0.137. The molecule has 0 aliphatic heterocycles. The summed E-state index contributed by atoms with van der Waals surface area (Å²) < 4.78 is 0. The lowest BCUT2D eigenvalue weighted by Gasteiger charge is -2.03. The van der Waals surface area contributed by atoms with E-state index in [1.165, 1.54) is 17.5 Å². The second kappa shape index (κ2) is 4.63. The summed E-state index contributed by atoms with van der Waals surface area (Å²) >= 11 is 7.11. The Kier molecular flexibility index (Phi) is 3.22. The maximum Gasteiger partial charge on any atom is 0.267 e. The van der Waals surface area contributed by atoms with Crippen LogP contribution in [0, 0.1) is 6.92 Å². The summed E-state index contributed by atoms with van der Waals surface area (Å²) in [7, 11) is 0. The molecule has 3 nitrogen and oxygen atoms in total. The molecule has 0 unspecified atom stereocenters. The number of aromatic nitrogens is 1. The summed E-state index contributed by atoms with van der Waals surface area (Å²) in [5.74, 6) is 0.365. The van der Waals surface area contributed by atoms with Crippen LogP contribution >= 0.6 is 22.9 Å². The van der Waals surface area contributed by atoms with Crippen molar-refractivity contribution in [3.63, 3.8) is 0 Å². The van der Waals surface area contributed by atoms with Gasteiger partial charge in [0.05, 0.1) is 9.90 Å². The fourth-order valence-corrected chi connectivity index (χ4v) is 2.16. The Labute approximate surface area is 102 Å². The Morgan fingerprint density at radius 1 is 1.44 bits per heavy atom. The van der Waals surface area contributed by atoms with E-state index in [0.29, 0.717) is 15.7 Å². The number of nitrogens with zero attached hydrogens (tertiary/aromatic N) is 1. The maximum absolute atomic E-state index is 11.8. The molecule has 0 fully saturated rings. The lowest BCUT2D eigenvalue weighted by Crippen LogP contribution is -2.12. The van der Waals surface area contributed by atoms with Crippen LogP contribution in [-0.2, 0) is 0 Å². The fourth-order valence-electron chi connectivity index (χ4n) is 1.23. The van der Waals surface area contributed by atoms with Crippen LogP contribution in [0.1, 0.15) is 15.2 Å². The number of thiophene rings is 1. The van der Waals surface area contributed by atoms with Crippen LogP contribution in [0.2, 0.25) is 5.02 Å². The van der Waals surface area contributed by atoms with Crippen molar-refractivity contribution in [3.05, 3.63) is 45.2 Å². The smallest absolute Gasteiger partial charge is 0.267 e. The number of anilines is 1. The molecule has 0 aliphatic carbocycles. The predicted octanol–water partition coefficient (Wildman–Crippen LogP) is 3.36. The lowest BCUT2D eigenvalue weighted by atomic mass is 10.3. The minimum Gasteiger partial charge on any atom is -0.306 e. The zero-order valence-electron chi connectivity index (χ0n) is 8.53. The summed E-state index contributed by atoms with van der Waals surface area (Å²) in [5, 5.41) is 5.15. The van der Waals surface area contributed by atoms with E-state index in [1.807, 2.05) is 18.4 Å². The van der Waals surface area contributed by atoms with Gasteiger partial charge in [0.1, 0.15) is 5.82 Å². The molecule has 0 atom stereocenters. The number of aryl methyl sites for hydroxylation is 1. The van der Waals surface area contributed by atoms with Crippen molar-refractivity contribution in [1.29, 1.82) is 0 Å². The van der Waals surface area contributed by atoms with Gasteiger partial charge in [-0.3, -0.25) is 4.79 Å². The highest BCUT2D eigenvalue weighted by Gasteiger charge is 2.10. The quantitative estimate of drug-likeness (QED) is 0.891. The van der Waals surface area contributed by atoms with E-state index >= 15 is 0 Å². The third kappa shape index (κ3) is 2.40. The van der Waals surface area contributed by atoms with Crippen molar-refractivity contribution in [2.45, 2.75) is 6.92 Å². The van der Waals surface area contributed by atoms with Crippen molar-refractivity contribution >= 4 is 34.7 Å². The largest absolute Gasteiger partial charge is 0.306 e. The lowest BCUT2D eigenvalue weighted by molar-refractivity contribution is 0.102. The third-order valence-electron chi connectivity index (χ3n) is 2.04. The molecule has 0 saturated carbocycles. The van der Waals surface area contributed by atoms with Crippen molar-refractivity contribution < 1.29 is 4.79 Å². The first-order valence-corrected chi connectivity index (χ1v) is 5.89. The fraction of sp³-hybridized carbons (Fsp3) is 0.0909. The zero-order chi connectivity index (χ0) is 11.5. The van der Waals surface area contributed by atoms with Crippen LogP contribution in [0.3, 0.4) is 0 Å². The molecule has 1 N–H and O–H groups in total. The van der Waals surface area contributed by atoms with E-state index < -0.39 is 0 Å². The SMILES string of the molecule is Cc1ccsc1C(=O)Nc1ccc(Cl)cn1. The number of hydrogen-bond acceptors (Lipinski definition) is 3. The molecule has 0 saturated heterocycles. The Morgan fingerprint density at radius 3 is 2.81 bits per heavy atom. The molecule has 1 amide bonds. The molecular formula is C11H9ClN2OS. The van der Waals surface area contributed by atoms with Crippen LogP contribution in [0.25, 0.3) is 0 Å². The van der Waals surface area contributed by atoms with E-state index in [2.05, 4.69) is 10.3 Å². The maximum atomic E-state index is 11.8. The first kappa shape index (κ1) is 11.1. The van der Waals surface area contributed by atoms with Gasteiger partial charge in [-0.05, 0) is 36.1 Å². The van der Waals surface area contributed by atoms with Gasteiger partial charge in [-0.2, -0.15) is 0 Å². The van der Waals surface area contributed by atoms with E-state index in [4.69, 9.17) is 11.6 Å². The molecule has 2 heterocycles. The number of nitrogens with one attached hydrogen (secondary N) is 1. The van der Waals surface area contributed by atoms with Gasteiger partial charge in [-0.25, -0.2) is 4.98 Å². The second-order valence-corrected chi connectivity index (χ2v) is 4.60. The van der Waals surface area contributed by atoms with Gasteiger partial charge >= 0.3 is 0 Å². The van der Waals surface area contributed by atoms with E-state index in [-0.39, 0.29) is 5.91 Å². The molecular weight excluding hydrogens is 244 g/mol. The van der Waals surface area contributed by atoms with E-state index in [0.717, 1.165) is 5.56 Å². The Bertz CT molecular complexity index is 507. The molecule has 0 bridgehead atoms. The monoisotopic (exact) mass is 252 g/mol. The molecule has 5 heteroatoms. The molecule has 82 valence electrons. The number of hydrogen-bond donors (Lipinski definition) is 1. The number of amides is 1. The first-order chi connectivity index (χ1) is 7.66. The summed E-state index contributed by atoms with van der Waals surface area (Å²) in [6.45, 7) is 1.90. The molecule has 16 heavy (non-hydrogen) atoms. The van der Waals surface area contributed by atoms with Crippen LogP contribution in [-0.4, -0.2) is 10.9 Å². The van der Waals surface area contributed by atoms with Crippen molar-refractivity contribution in [2.24, 2.45) is 0 Å². The Hall–Kier alpha value is -1.39. The number of halogens is 1. The number of pyridine rings is 1. The molecule has 0 aromatic carbocycles. The van der Waals surface area contributed by atoms with Gasteiger partial charge in [0.25, 0.3) is 5.91 Å². The highest BCUT2D eigenvalue weighted by Crippen LogP contribution is 2.17.